The summed E-state index contributed by atoms with van der Waals surface area (Å²) >= 11 is 3.44. The minimum atomic E-state index is -0.324. The maximum absolute atomic E-state index is 9.72. The minimum absolute atomic E-state index is 0.324. The summed E-state index contributed by atoms with van der Waals surface area (Å²) in [7, 11) is 0. The second-order valence-corrected chi connectivity index (χ2v) is 5.36. The average molecular weight is 287 g/mol. The number of aliphatic hydroxyl groups is 1. The molecule has 1 aromatic heterocycles. The van der Waals surface area contributed by atoms with Crippen LogP contribution in [0.2, 0.25) is 0 Å². The third kappa shape index (κ3) is 4.49. The number of nitrogens with zero attached hydrogens (tertiary/aromatic N) is 1. The van der Waals surface area contributed by atoms with Crippen molar-refractivity contribution in [2.45, 2.75) is 33.3 Å². The van der Waals surface area contributed by atoms with E-state index in [1.54, 1.807) is 0 Å². The van der Waals surface area contributed by atoms with Gasteiger partial charge in [0.2, 0.25) is 0 Å². The van der Waals surface area contributed by atoms with E-state index in [2.05, 4.69) is 40.1 Å². The Morgan fingerprint density at radius 1 is 1.50 bits per heavy atom. The zero-order chi connectivity index (χ0) is 12.1. The third-order valence-electron chi connectivity index (χ3n) is 2.23. The number of pyridine rings is 1. The van der Waals surface area contributed by atoms with Crippen molar-refractivity contribution in [3.05, 3.63) is 22.3 Å². The van der Waals surface area contributed by atoms with Crippen molar-refractivity contribution < 1.29 is 5.11 Å². The van der Waals surface area contributed by atoms with Gasteiger partial charge in [0.05, 0.1) is 10.6 Å². The van der Waals surface area contributed by atoms with Gasteiger partial charge >= 0.3 is 0 Å². The lowest BCUT2D eigenvalue weighted by Gasteiger charge is -2.15. The van der Waals surface area contributed by atoms with Crippen LogP contribution in [0, 0.1) is 12.8 Å². The first-order chi connectivity index (χ1) is 7.49. The van der Waals surface area contributed by atoms with Gasteiger partial charge in [0.25, 0.3) is 0 Å². The summed E-state index contributed by atoms with van der Waals surface area (Å²) in [6, 6.07) is 2.00. The van der Waals surface area contributed by atoms with Gasteiger partial charge in [-0.05, 0) is 46.8 Å². The van der Waals surface area contributed by atoms with E-state index in [0.29, 0.717) is 12.5 Å². The molecule has 0 aromatic carbocycles. The molecule has 16 heavy (non-hydrogen) atoms. The van der Waals surface area contributed by atoms with Gasteiger partial charge in [-0.3, -0.25) is 0 Å². The van der Waals surface area contributed by atoms with Gasteiger partial charge in [0.1, 0.15) is 5.82 Å². The lowest BCUT2D eigenvalue weighted by atomic mass is 10.1. The Hall–Kier alpha value is -0.610. The van der Waals surface area contributed by atoms with Crippen LogP contribution in [0.25, 0.3) is 0 Å². The topological polar surface area (TPSA) is 45.2 Å². The summed E-state index contributed by atoms with van der Waals surface area (Å²) in [5.41, 5.74) is 1.11. The van der Waals surface area contributed by atoms with Crippen molar-refractivity contribution >= 4 is 21.7 Å². The second-order valence-electron chi connectivity index (χ2n) is 4.51. The first kappa shape index (κ1) is 13.5. The fourth-order valence-electron chi connectivity index (χ4n) is 1.51. The van der Waals surface area contributed by atoms with Crippen molar-refractivity contribution in [2.75, 3.05) is 11.9 Å². The Bertz CT molecular complexity index is 342. The van der Waals surface area contributed by atoms with Crippen LogP contribution in [0.4, 0.5) is 5.82 Å². The zero-order valence-corrected chi connectivity index (χ0v) is 11.6. The summed E-state index contributed by atoms with van der Waals surface area (Å²) in [5, 5.41) is 12.9. The van der Waals surface area contributed by atoms with Crippen LogP contribution in [0.5, 0.6) is 0 Å². The Balaban J connectivity index is 2.48. The number of halogens is 1. The molecule has 0 radical (unpaired) electrons. The summed E-state index contributed by atoms with van der Waals surface area (Å²) in [5.74, 6) is 1.29. The molecular weight excluding hydrogens is 268 g/mol. The zero-order valence-electron chi connectivity index (χ0n) is 10.00. The Morgan fingerprint density at radius 2 is 2.19 bits per heavy atom. The monoisotopic (exact) mass is 286 g/mol. The minimum Gasteiger partial charge on any atom is -0.391 e. The van der Waals surface area contributed by atoms with Crippen molar-refractivity contribution in [3.8, 4) is 0 Å². The SMILES string of the molecule is Cc1cnc(NCC(O)CC(C)C)c(Br)c1. The third-order valence-corrected chi connectivity index (χ3v) is 2.83. The normalized spacial score (nSPS) is 12.9. The number of rotatable bonds is 5. The van der Waals surface area contributed by atoms with Crippen LogP contribution < -0.4 is 5.32 Å². The highest BCUT2D eigenvalue weighted by Crippen LogP contribution is 2.20. The van der Waals surface area contributed by atoms with Gasteiger partial charge in [-0.1, -0.05) is 13.8 Å². The summed E-state index contributed by atoms with van der Waals surface area (Å²) in [6.45, 7) is 6.73. The molecule has 0 aliphatic rings. The highest BCUT2D eigenvalue weighted by Gasteiger charge is 2.08. The van der Waals surface area contributed by atoms with Crippen LogP contribution in [-0.2, 0) is 0 Å². The molecule has 0 saturated carbocycles. The fraction of sp³-hybridized carbons (Fsp3) is 0.583. The van der Waals surface area contributed by atoms with E-state index in [0.717, 1.165) is 22.3 Å². The van der Waals surface area contributed by atoms with E-state index in [1.807, 2.05) is 19.2 Å². The predicted molar refractivity (Wildman–Crippen MR) is 70.6 cm³/mol. The largest absolute Gasteiger partial charge is 0.391 e. The van der Waals surface area contributed by atoms with Crippen LogP contribution in [0.3, 0.4) is 0 Å². The van der Waals surface area contributed by atoms with E-state index in [-0.39, 0.29) is 6.10 Å². The second kappa shape index (κ2) is 6.21. The van der Waals surface area contributed by atoms with E-state index >= 15 is 0 Å². The lowest BCUT2D eigenvalue weighted by Crippen LogP contribution is -2.21. The highest BCUT2D eigenvalue weighted by molar-refractivity contribution is 9.10. The molecule has 0 bridgehead atoms. The number of anilines is 1. The molecule has 1 heterocycles. The lowest BCUT2D eigenvalue weighted by molar-refractivity contribution is 0.161. The number of aromatic nitrogens is 1. The number of hydrogen-bond donors (Lipinski definition) is 2. The molecule has 0 fully saturated rings. The summed E-state index contributed by atoms with van der Waals surface area (Å²) in [6.07, 6.45) is 2.29. The molecule has 0 saturated heterocycles. The maximum atomic E-state index is 9.72. The van der Waals surface area contributed by atoms with E-state index in [1.165, 1.54) is 0 Å². The smallest absolute Gasteiger partial charge is 0.140 e. The molecule has 0 aliphatic carbocycles. The number of aliphatic hydroxyl groups excluding tert-OH is 1. The number of aryl methyl sites for hydroxylation is 1. The summed E-state index contributed by atoms with van der Waals surface area (Å²) in [4.78, 5) is 4.26. The molecular formula is C12H19BrN2O. The van der Waals surface area contributed by atoms with Crippen molar-refractivity contribution in [3.63, 3.8) is 0 Å². The molecule has 0 aliphatic heterocycles. The standard InChI is InChI=1S/C12H19BrN2O/c1-8(2)4-10(16)7-15-12-11(13)5-9(3)6-14-12/h5-6,8,10,16H,4,7H2,1-3H3,(H,14,15). The Kier molecular flexibility index (Phi) is 5.22. The van der Waals surface area contributed by atoms with Crippen LogP contribution >= 0.6 is 15.9 Å². The average Bonchev–Trinajstić information content (AvgIpc) is 2.15. The molecule has 0 amide bonds. The van der Waals surface area contributed by atoms with Crippen LogP contribution in [-0.4, -0.2) is 22.7 Å². The van der Waals surface area contributed by atoms with Crippen LogP contribution in [0.1, 0.15) is 25.8 Å². The number of hydrogen-bond acceptors (Lipinski definition) is 3. The van der Waals surface area contributed by atoms with Gasteiger partial charge in [0, 0.05) is 12.7 Å². The molecule has 1 aromatic rings. The van der Waals surface area contributed by atoms with E-state index in [9.17, 15) is 5.11 Å². The van der Waals surface area contributed by atoms with Crippen molar-refractivity contribution in [2.24, 2.45) is 5.92 Å². The molecule has 3 nitrogen and oxygen atoms in total. The molecule has 0 spiro atoms. The number of nitrogens with one attached hydrogen (secondary N) is 1. The fourth-order valence-corrected chi connectivity index (χ4v) is 2.11. The first-order valence-electron chi connectivity index (χ1n) is 5.53. The van der Waals surface area contributed by atoms with Crippen molar-refractivity contribution in [1.29, 1.82) is 0 Å². The molecule has 4 heteroatoms. The molecule has 1 atom stereocenters. The van der Waals surface area contributed by atoms with Gasteiger partial charge in [0.15, 0.2) is 0 Å². The Labute approximate surface area is 105 Å². The maximum Gasteiger partial charge on any atom is 0.140 e. The summed E-state index contributed by atoms with van der Waals surface area (Å²) < 4.78 is 0.934. The predicted octanol–water partition coefficient (Wildman–Crippen LogP) is 2.97. The van der Waals surface area contributed by atoms with Crippen molar-refractivity contribution in [1.82, 2.24) is 4.98 Å². The molecule has 1 unspecified atom stereocenters. The quantitative estimate of drug-likeness (QED) is 0.875. The molecule has 1 rings (SSSR count). The highest BCUT2D eigenvalue weighted by atomic mass is 79.9. The van der Waals surface area contributed by atoms with Gasteiger partial charge in [-0.2, -0.15) is 0 Å². The van der Waals surface area contributed by atoms with Gasteiger partial charge < -0.3 is 10.4 Å². The van der Waals surface area contributed by atoms with E-state index < -0.39 is 0 Å². The van der Waals surface area contributed by atoms with Gasteiger partial charge in [-0.15, -0.1) is 0 Å². The van der Waals surface area contributed by atoms with E-state index in [4.69, 9.17) is 0 Å². The van der Waals surface area contributed by atoms with Gasteiger partial charge in [-0.25, -0.2) is 4.98 Å². The molecule has 90 valence electrons. The molecule has 2 N–H and O–H groups in total. The van der Waals surface area contributed by atoms with Crippen LogP contribution in [0.15, 0.2) is 16.7 Å². The Morgan fingerprint density at radius 3 is 2.75 bits per heavy atom. The first-order valence-corrected chi connectivity index (χ1v) is 6.32.